The molecule has 1 aliphatic heterocycles. The second-order valence-corrected chi connectivity index (χ2v) is 6.25. The van der Waals surface area contributed by atoms with Gasteiger partial charge in [-0.2, -0.15) is 0 Å². The fourth-order valence-electron chi connectivity index (χ4n) is 1.95. The van der Waals surface area contributed by atoms with E-state index in [0.717, 1.165) is 5.56 Å². The first-order valence-corrected chi connectivity index (χ1v) is 7.79. The molecule has 2 rings (SSSR count). The van der Waals surface area contributed by atoms with Gasteiger partial charge in [-0.15, -0.1) is 0 Å². The van der Waals surface area contributed by atoms with Crippen LogP contribution >= 0.6 is 35.6 Å². The minimum Gasteiger partial charge on any atom is -0.493 e. The van der Waals surface area contributed by atoms with Gasteiger partial charge in [0.25, 0.3) is 5.91 Å². The molecule has 1 aliphatic rings. The van der Waals surface area contributed by atoms with E-state index in [1.165, 1.54) is 26.0 Å². The van der Waals surface area contributed by atoms with E-state index in [0.29, 0.717) is 32.3 Å². The first-order chi connectivity index (χ1) is 10.0. The smallest absolute Gasteiger partial charge is 0.266 e. The summed E-state index contributed by atoms with van der Waals surface area (Å²) in [5.41, 5.74) is 0.759. The standard InChI is InChI=1S/C14H14ClNO3S2/c1-4-16-13(17)11(21-14(16)20)7-8-5-9(15)12(19-3)10(6-8)18-2/h5-7H,4H2,1-3H3/b11-7+. The summed E-state index contributed by atoms with van der Waals surface area (Å²) < 4.78 is 11.0. The van der Waals surface area contributed by atoms with Gasteiger partial charge in [-0.3, -0.25) is 9.69 Å². The molecule has 1 saturated heterocycles. The van der Waals surface area contributed by atoms with Crippen molar-refractivity contribution in [2.45, 2.75) is 6.92 Å². The molecule has 0 N–H and O–H groups in total. The number of rotatable bonds is 4. The third kappa shape index (κ3) is 3.17. The minimum absolute atomic E-state index is 0.0848. The van der Waals surface area contributed by atoms with Crippen LogP contribution in [-0.4, -0.2) is 35.9 Å². The summed E-state index contributed by atoms with van der Waals surface area (Å²) in [6.07, 6.45) is 1.75. The Morgan fingerprint density at radius 2 is 2.10 bits per heavy atom. The van der Waals surface area contributed by atoms with Crippen molar-refractivity contribution < 1.29 is 14.3 Å². The Balaban J connectivity index is 2.40. The number of hydrogen-bond acceptors (Lipinski definition) is 5. The lowest BCUT2D eigenvalue weighted by atomic mass is 10.2. The Morgan fingerprint density at radius 3 is 2.62 bits per heavy atom. The van der Waals surface area contributed by atoms with Crippen molar-refractivity contribution in [3.63, 3.8) is 0 Å². The molecule has 0 radical (unpaired) electrons. The van der Waals surface area contributed by atoms with E-state index in [1.54, 1.807) is 23.1 Å². The molecule has 0 aromatic heterocycles. The van der Waals surface area contributed by atoms with Crippen LogP contribution in [-0.2, 0) is 4.79 Å². The van der Waals surface area contributed by atoms with E-state index < -0.39 is 0 Å². The van der Waals surface area contributed by atoms with Crippen LogP contribution in [0.2, 0.25) is 5.02 Å². The number of likely N-dealkylation sites (N-methyl/N-ethyl adjacent to an activating group) is 1. The second-order valence-electron chi connectivity index (χ2n) is 4.16. The van der Waals surface area contributed by atoms with Gasteiger partial charge in [-0.05, 0) is 30.7 Å². The highest BCUT2D eigenvalue weighted by Gasteiger charge is 2.30. The zero-order valence-corrected chi connectivity index (χ0v) is 14.2. The van der Waals surface area contributed by atoms with Crippen LogP contribution in [0.3, 0.4) is 0 Å². The predicted molar refractivity (Wildman–Crippen MR) is 90.1 cm³/mol. The normalized spacial score (nSPS) is 16.8. The zero-order valence-electron chi connectivity index (χ0n) is 11.8. The highest BCUT2D eigenvalue weighted by Crippen LogP contribution is 2.38. The van der Waals surface area contributed by atoms with Gasteiger partial charge in [-0.1, -0.05) is 35.6 Å². The third-order valence-electron chi connectivity index (χ3n) is 2.94. The molecule has 0 spiro atoms. The van der Waals surface area contributed by atoms with Gasteiger partial charge < -0.3 is 9.47 Å². The number of ether oxygens (including phenoxy) is 2. The molecule has 0 bridgehead atoms. The maximum atomic E-state index is 12.2. The number of nitrogens with zero attached hydrogens (tertiary/aromatic N) is 1. The van der Waals surface area contributed by atoms with Crippen LogP contribution < -0.4 is 9.47 Å². The topological polar surface area (TPSA) is 38.8 Å². The van der Waals surface area contributed by atoms with Gasteiger partial charge in [0.1, 0.15) is 4.32 Å². The van der Waals surface area contributed by atoms with Crippen LogP contribution in [0.25, 0.3) is 6.08 Å². The number of halogens is 1. The largest absolute Gasteiger partial charge is 0.493 e. The lowest BCUT2D eigenvalue weighted by Gasteiger charge is -2.11. The zero-order chi connectivity index (χ0) is 15.6. The Bertz CT molecular complexity index is 631. The summed E-state index contributed by atoms with van der Waals surface area (Å²) in [6.45, 7) is 2.45. The monoisotopic (exact) mass is 343 g/mol. The maximum absolute atomic E-state index is 12.2. The Morgan fingerprint density at radius 1 is 1.38 bits per heavy atom. The molecule has 21 heavy (non-hydrogen) atoms. The number of carbonyl (C=O) groups is 1. The molecule has 0 saturated carbocycles. The average molecular weight is 344 g/mol. The van der Waals surface area contributed by atoms with Crippen LogP contribution in [0.15, 0.2) is 17.0 Å². The molecule has 1 amide bonds. The van der Waals surface area contributed by atoms with Crippen LogP contribution in [0.4, 0.5) is 0 Å². The van der Waals surface area contributed by atoms with Gasteiger partial charge in [-0.25, -0.2) is 0 Å². The van der Waals surface area contributed by atoms with Gasteiger partial charge in [0.15, 0.2) is 11.5 Å². The van der Waals surface area contributed by atoms with E-state index in [1.807, 2.05) is 6.92 Å². The van der Waals surface area contributed by atoms with Gasteiger partial charge in [0.05, 0.1) is 24.1 Å². The number of methoxy groups -OCH3 is 2. The van der Waals surface area contributed by atoms with Gasteiger partial charge >= 0.3 is 0 Å². The van der Waals surface area contributed by atoms with E-state index in [-0.39, 0.29) is 5.91 Å². The van der Waals surface area contributed by atoms with E-state index in [4.69, 9.17) is 33.3 Å². The fourth-order valence-corrected chi connectivity index (χ4v) is 3.63. The molecule has 1 aromatic carbocycles. The maximum Gasteiger partial charge on any atom is 0.266 e. The fraction of sp³-hybridized carbons (Fsp3) is 0.286. The molecular weight excluding hydrogens is 330 g/mol. The first-order valence-electron chi connectivity index (χ1n) is 6.18. The molecule has 4 nitrogen and oxygen atoms in total. The molecule has 1 aromatic rings. The molecule has 0 aliphatic carbocycles. The van der Waals surface area contributed by atoms with Crippen molar-refractivity contribution in [2.24, 2.45) is 0 Å². The van der Waals surface area contributed by atoms with Crippen LogP contribution in [0.5, 0.6) is 11.5 Å². The van der Waals surface area contributed by atoms with Crippen LogP contribution in [0, 0.1) is 0 Å². The van der Waals surface area contributed by atoms with Crippen molar-refractivity contribution in [1.29, 1.82) is 0 Å². The molecular formula is C14H14ClNO3S2. The van der Waals surface area contributed by atoms with Crippen molar-refractivity contribution in [3.8, 4) is 11.5 Å². The highest BCUT2D eigenvalue weighted by atomic mass is 35.5. The second kappa shape index (κ2) is 6.68. The summed E-state index contributed by atoms with van der Waals surface area (Å²) in [4.78, 5) is 14.3. The summed E-state index contributed by atoms with van der Waals surface area (Å²) in [6, 6.07) is 3.49. The number of amides is 1. The van der Waals surface area contributed by atoms with E-state index in [2.05, 4.69) is 0 Å². The lowest BCUT2D eigenvalue weighted by molar-refractivity contribution is -0.121. The summed E-state index contributed by atoms with van der Waals surface area (Å²) in [7, 11) is 3.06. The van der Waals surface area contributed by atoms with Crippen molar-refractivity contribution in [1.82, 2.24) is 4.90 Å². The van der Waals surface area contributed by atoms with E-state index in [9.17, 15) is 4.79 Å². The number of thioether (sulfide) groups is 1. The minimum atomic E-state index is -0.0848. The summed E-state index contributed by atoms with van der Waals surface area (Å²) in [5.74, 6) is 0.901. The number of thiocarbonyl (C=S) groups is 1. The predicted octanol–water partition coefficient (Wildman–Crippen LogP) is 3.58. The molecule has 7 heteroatoms. The number of benzene rings is 1. The number of hydrogen-bond donors (Lipinski definition) is 0. The van der Waals surface area contributed by atoms with Gasteiger partial charge in [0.2, 0.25) is 0 Å². The molecule has 1 heterocycles. The Kier molecular flexibility index (Phi) is 5.13. The third-order valence-corrected chi connectivity index (χ3v) is 4.60. The quantitative estimate of drug-likeness (QED) is 0.617. The summed E-state index contributed by atoms with van der Waals surface area (Å²) >= 11 is 12.6. The SMILES string of the molecule is CCN1C(=O)/C(=C\c2cc(Cl)c(OC)c(OC)c2)SC1=S. The number of carbonyl (C=O) groups excluding carboxylic acids is 1. The van der Waals surface area contributed by atoms with Crippen molar-refractivity contribution in [3.05, 3.63) is 27.6 Å². The Labute approximate surface area is 138 Å². The first kappa shape index (κ1) is 16.1. The molecule has 112 valence electrons. The average Bonchev–Trinajstić information content (AvgIpc) is 2.72. The van der Waals surface area contributed by atoms with Crippen molar-refractivity contribution in [2.75, 3.05) is 20.8 Å². The Hall–Kier alpha value is -1.24. The molecule has 1 fully saturated rings. The molecule has 0 atom stereocenters. The molecule has 0 unspecified atom stereocenters. The van der Waals surface area contributed by atoms with Crippen LogP contribution in [0.1, 0.15) is 12.5 Å². The summed E-state index contributed by atoms with van der Waals surface area (Å²) in [5, 5.41) is 0.425. The highest BCUT2D eigenvalue weighted by molar-refractivity contribution is 8.26. The lowest BCUT2D eigenvalue weighted by Crippen LogP contribution is -2.27. The van der Waals surface area contributed by atoms with E-state index >= 15 is 0 Å². The van der Waals surface area contributed by atoms with Gasteiger partial charge in [0, 0.05) is 6.54 Å². The van der Waals surface area contributed by atoms with Crippen molar-refractivity contribution >= 4 is 51.9 Å².